The summed E-state index contributed by atoms with van der Waals surface area (Å²) in [6.45, 7) is 4.03. The van der Waals surface area contributed by atoms with Gasteiger partial charge in [0.05, 0.1) is 0 Å². The minimum Gasteiger partial charge on any atom is -0.396 e. The van der Waals surface area contributed by atoms with E-state index in [0.717, 1.165) is 0 Å². The molecule has 1 rings (SSSR count). The molecule has 0 aliphatic heterocycles. The molecule has 0 saturated carbocycles. The predicted molar refractivity (Wildman–Crippen MR) is 50.2 cm³/mol. The Morgan fingerprint density at radius 1 is 1.62 bits per heavy atom. The van der Waals surface area contributed by atoms with E-state index in [0.29, 0.717) is 12.4 Å². The van der Waals surface area contributed by atoms with Crippen molar-refractivity contribution in [3.63, 3.8) is 0 Å². The number of aromatic amines is 1. The van der Waals surface area contributed by atoms with Crippen molar-refractivity contribution >= 4 is 11.9 Å². The molecule has 0 saturated heterocycles. The molecule has 74 valence electrons. The Morgan fingerprint density at radius 2 is 2.31 bits per heavy atom. The number of nitrogen functional groups attached to an aromatic ring is 1. The van der Waals surface area contributed by atoms with Gasteiger partial charge in [0.15, 0.2) is 0 Å². The fourth-order valence-electron chi connectivity index (χ4n) is 0.975. The zero-order valence-corrected chi connectivity index (χ0v) is 7.83. The van der Waals surface area contributed by atoms with E-state index in [1.807, 2.05) is 13.8 Å². The summed E-state index contributed by atoms with van der Waals surface area (Å²) in [5.74, 6) is 0.734. The predicted octanol–water partition coefficient (Wildman–Crippen LogP) is -0.0402. The van der Waals surface area contributed by atoms with E-state index in [-0.39, 0.29) is 18.1 Å². The summed E-state index contributed by atoms with van der Waals surface area (Å²) in [5, 5.41) is 18.2. The smallest absolute Gasteiger partial charge is 0.244 e. The lowest BCUT2D eigenvalue weighted by molar-refractivity contribution is 0.260. The molecule has 0 aromatic carbocycles. The molecule has 0 fully saturated rings. The van der Waals surface area contributed by atoms with Gasteiger partial charge in [0.25, 0.3) is 0 Å². The zero-order chi connectivity index (χ0) is 9.90. The summed E-state index contributed by atoms with van der Waals surface area (Å²) in [6, 6.07) is 0. The van der Waals surface area contributed by atoms with E-state index in [9.17, 15) is 0 Å². The normalized spacial score (nSPS) is 11.6. The molecule has 1 aromatic heterocycles. The minimum absolute atomic E-state index is 0.125. The number of H-pyrrole nitrogens is 1. The number of aromatic nitrogens is 3. The number of nitrogens with two attached hydrogens (primary N) is 1. The number of aliphatic hydroxyl groups is 1. The Hall–Kier alpha value is -1.30. The summed E-state index contributed by atoms with van der Waals surface area (Å²) in [5.41, 5.74) is 5.12. The maximum Gasteiger partial charge on any atom is 0.244 e. The first-order chi connectivity index (χ1) is 6.03. The second-order valence-electron chi connectivity index (χ2n) is 3.53. The van der Waals surface area contributed by atoms with Gasteiger partial charge in [-0.25, -0.2) is 5.10 Å². The first-order valence-corrected chi connectivity index (χ1v) is 4.10. The van der Waals surface area contributed by atoms with E-state index in [2.05, 4.69) is 20.5 Å². The van der Waals surface area contributed by atoms with Crippen LogP contribution < -0.4 is 11.1 Å². The molecule has 5 N–H and O–H groups in total. The summed E-state index contributed by atoms with van der Waals surface area (Å²) in [7, 11) is 0. The Labute approximate surface area is 76.6 Å². The van der Waals surface area contributed by atoms with Gasteiger partial charge in [-0.15, -0.1) is 5.10 Å². The van der Waals surface area contributed by atoms with Gasteiger partial charge in [0.1, 0.15) is 0 Å². The molecule has 1 heterocycles. The Balaban J connectivity index is 2.57. The molecular formula is C7H15N5O. The molecule has 0 unspecified atom stereocenters. The maximum absolute atomic E-state index is 8.77. The van der Waals surface area contributed by atoms with Crippen molar-refractivity contribution in [3.8, 4) is 0 Å². The van der Waals surface area contributed by atoms with E-state index in [1.54, 1.807) is 0 Å². The van der Waals surface area contributed by atoms with Crippen LogP contribution in [-0.4, -0.2) is 32.4 Å². The molecule has 13 heavy (non-hydrogen) atoms. The number of nitrogens with one attached hydrogen (secondary N) is 2. The maximum atomic E-state index is 8.77. The number of nitrogens with zero attached hydrogens (tertiary/aromatic N) is 2. The van der Waals surface area contributed by atoms with E-state index >= 15 is 0 Å². The highest BCUT2D eigenvalue weighted by Crippen LogP contribution is 2.14. The number of aliphatic hydroxyl groups excluding tert-OH is 1. The zero-order valence-electron chi connectivity index (χ0n) is 7.83. The van der Waals surface area contributed by atoms with Crippen molar-refractivity contribution in [1.29, 1.82) is 0 Å². The van der Waals surface area contributed by atoms with E-state index < -0.39 is 0 Å². The van der Waals surface area contributed by atoms with Crippen LogP contribution in [0.25, 0.3) is 0 Å². The molecule has 0 amide bonds. The summed E-state index contributed by atoms with van der Waals surface area (Å²) in [4.78, 5) is 3.90. The van der Waals surface area contributed by atoms with Crippen LogP contribution in [0.3, 0.4) is 0 Å². The number of hydrogen-bond donors (Lipinski definition) is 4. The third-order valence-electron chi connectivity index (χ3n) is 1.69. The fraction of sp³-hybridized carbons (Fsp3) is 0.714. The van der Waals surface area contributed by atoms with Crippen LogP contribution in [0.4, 0.5) is 11.9 Å². The molecule has 0 spiro atoms. The third kappa shape index (κ3) is 2.90. The van der Waals surface area contributed by atoms with Crippen LogP contribution >= 0.6 is 0 Å². The van der Waals surface area contributed by atoms with Crippen molar-refractivity contribution in [3.05, 3.63) is 0 Å². The Kier molecular flexibility index (Phi) is 2.72. The third-order valence-corrected chi connectivity index (χ3v) is 1.69. The monoisotopic (exact) mass is 185 g/mol. The highest BCUT2D eigenvalue weighted by atomic mass is 16.3. The van der Waals surface area contributed by atoms with Gasteiger partial charge in [-0.3, -0.25) is 0 Å². The van der Waals surface area contributed by atoms with Crippen molar-refractivity contribution in [2.24, 2.45) is 0 Å². The molecule has 6 nitrogen and oxygen atoms in total. The van der Waals surface area contributed by atoms with Crippen LogP contribution in [-0.2, 0) is 0 Å². The highest BCUT2D eigenvalue weighted by molar-refractivity contribution is 5.32. The molecule has 0 bridgehead atoms. The second kappa shape index (κ2) is 3.61. The summed E-state index contributed by atoms with van der Waals surface area (Å²) in [6.07, 6.45) is 0.626. The van der Waals surface area contributed by atoms with Crippen molar-refractivity contribution in [2.75, 3.05) is 17.7 Å². The lowest BCUT2D eigenvalue weighted by atomic mass is 10.0. The van der Waals surface area contributed by atoms with Gasteiger partial charge in [-0.2, -0.15) is 4.98 Å². The molecule has 0 atom stereocenters. The van der Waals surface area contributed by atoms with Gasteiger partial charge in [-0.05, 0) is 20.3 Å². The van der Waals surface area contributed by atoms with Crippen molar-refractivity contribution in [1.82, 2.24) is 15.2 Å². The van der Waals surface area contributed by atoms with Crippen LogP contribution in [0.5, 0.6) is 0 Å². The number of rotatable bonds is 4. The Bertz CT molecular complexity index is 270. The van der Waals surface area contributed by atoms with Gasteiger partial charge in [-0.1, -0.05) is 0 Å². The molecule has 1 aromatic rings. The Morgan fingerprint density at radius 3 is 2.77 bits per heavy atom. The van der Waals surface area contributed by atoms with Gasteiger partial charge in [0, 0.05) is 12.1 Å². The second-order valence-corrected chi connectivity index (χ2v) is 3.53. The van der Waals surface area contributed by atoms with Crippen LogP contribution in [0, 0.1) is 0 Å². The van der Waals surface area contributed by atoms with E-state index in [4.69, 9.17) is 10.8 Å². The van der Waals surface area contributed by atoms with E-state index in [1.165, 1.54) is 0 Å². The first-order valence-electron chi connectivity index (χ1n) is 4.10. The summed E-state index contributed by atoms with van der Waals surface area (Å²) < 4.78 is 0. The largest absolute Gasteiger partial charge is 0.396 e. The first kappa shape index (κ1) is 9.79. The minimum atomic E-state index is -0.233. The molecule has 0 radical (unpaired) electrons. The SMILES string of the molecule is CC(C)(CCO)Nc1n[nH]c(N)n1. The lowest BCUT2D eigenvalue weighted by Gasteiger charge is -2.24. The van der Waals surface area contributed by atoms with Gasteiger partial charge < -0.3 is 16.2 Å². The molecule has 0 aliphatic carbocycles. The van der Waals surface area contributed by atoms with Crippen LogP contribution in [0.15, 0.2) is 0 Å². The highest BCUT2D eigenvalue weighted by Gasteiger charge is 2.18. The fourth-order valence-corrected chi connectivity index (χ4v) is 0.975. The standard InChI is InChI=1S/C7H15N5O/c1-7(2,3-4-13)10-6-9-5(8)11-12-6/h13H,3-4H2,1-2H3,(H4,8,9,10,11,12). The van der Waals surface area contributed by atoms with Gasteiger partial charge >= 0.3 is 0 Å². The summed E-state index contributed by atoms with van der Waals surface area (Å²) >= 11 is 0. The molecule has 6 heteroatoms. The average molecular weight is 185 g/mol. The lowest BCUT2D eigenvalue weighted by Crippen LogP contribution is -2.32. The van der Waals surface area contributed by atoms with Crippen LogP contribution in [0.2, 0.25) is 0 Å². The van der Waals surface area contributed by atoms with Crippen LogP contribution in [0.1, 0.15) is 20.3 Å². The average Bonchev–Trinajstić information content (AvgIpc) is 2.34. The van der Waals surface area contributed by atoms with Gasteiger partial charge in [0.2, 0.25) is 11.9 Å². The van der Waals surface area contributed by atoms with Crippen molar-refractivity contribution < 1.29 is 5.11 Å². The molecular weight excluding hydrogens is 170 g/mol. The quantitative estimate of drug-likeness (QED) is 0.527. The number of anilines is 2. The van der Waals surface area contributed by atoms with Crippen molar-refractivity contribution in [2.45, 2.75) is 25.8 Å². The molecule has 0 aliphatic rings. The topological polar surface area (TPSA) is 99.8 Å². The number of hydrogen-bond acceptors (Lipinski definition) is 5.